The molecule has 108 valence electrons. The molecule has 1 N–H and O–H groups in total. The van der Waals surface area contributed by atoms with Crippen molar-refractivity contribution >= 4 is 5.82 Å². The summed E-state index contributed by atoms with van der Waals surface area (Å²) < 4.78 is 0. The first-order valence-electron chi connectivity index (χ1n) is 6.96. The smallest absolute Gasteiger partial charge is 0.164 e. The van der Waals surface area contributed by atoms with Gasteiger partial charge in [0.2, 0.25) is 0 Å². The van der Waals surface area contributed by atoms with Gasteiger partial charge in [0.25, 0.3) is 0 Å². The summed E-state index contributed by atoms with van der Waals surface area (Å²) in [6.07, 6.45) is 1.62. The molecule has 0 aliphatic carbocycles. The maximum Gasteiger partial charge on any atom is 0.164 e. The van der Waals surface area contributed by atoms with Gasteiger partial charge in [0.05, 0.1) is 12.1 Å². The van der Waals surface area contributed by atoms with E-state index >= 15 is 0 Å². The van der Waals surface area contributed by atoms with E-state index in [9.17, 15) is 0 Å². The van der Waals surface area contributed by atoms with Crippen LogP contribution in [0, 0.1) is 18.3 Å². The molecule has 2 aromatic rings. The maximum atomic E-state index is 8.79. The molecule has 2 aromatic heterocycles. The highest BCUT2D eigenvalue weighted by Crippen LogP contribution is 2.14. The Labute approximate surface area is 123 Å². The van der Waals surface area contributed by atoms with Crippen molar-refractivity contribution in [1.82, 2.24) is 25.1 Å². The minimum Gasteiger partial charge on any atom is -0.354 e. The monoisotopic (exact) mass is 283 g/mol. The Bertz CT molecular complexity index is 632. The van der Waals surface area contributed by atoms with Crippen LogP contribution in [0.15, 0.2) is 18.3 Å². The number of rotatable bonds is 3. The molecule has 7 nitrogen and oxygen atoms in total. The van der Waals surface area contributed by atoms with E-state index in [-0.39, 0.29) is 0 Å². The molecule has 7 heteroatoms. The van der Waals surface area contributed by atoms with Crippen molar-refractivity contribution in [3.8, 4) is 6.07 Å². The van der Waals surface area contributed by atoms with Crippen molar-refractivity contribution in [3.05, 3.63) is 35.5 Å². The highest BCUT2D eigenvalue weighted by atomic mass is 15.3. The molecule has 0 bridgehead atoms. The van der Waals surface area contributed by atoms with Crippen LogP contribution in [0.25, 0.3) is 0 Å². The Morgan fingerprint density at radius 1 is 1.29 bits per heavy atom. The van der Waals surface area contributed by atoms with Crippen LogP contribution in [0.2, 0.25) is 0 Å². The average molecular weight is 283 g/mol. The van der Waals surface area contributed by atoms with E-state index in [0.717, 1.165) is 50.2 Å². The molecule has 1 aliphatic rings. The lowest BCUT2D eigenvalue weighted by atomic mass is 10.2. The molecule has 1 saturated heterocycles. The topological polar surface area (TPSA) is 84.7 Å². The van der Waals surface area contributed by atoms with Crippen LogP contribution in [0.5, 0.6) is 0 Å². The summed E-state index contributed by atoms with van der Waals surface area (Å²) >= 11 is 0. The van der Waals surface area contributed by atoms with Gasteiger partial charge in [0.15, 0.2) is 5.82 Å². The van der Waals surface area contributed by atoms with Crippen LogP contribution in [0.1, 0.15) is 17.2 Å². The van der Waals surface area contributed by atoms with E-state index in [1.165, 1.54) is 0 Å². The second-order valence-electron chi connectivity index (χ2n) is 5.12. The molecule has 0 spiro atoms. The van der Waals surface area contributed by atoms with Gasteiger partial charge in [-0.1, -0.05) is 0 Å². The average Bonchev–Trinajstić information content (AvgIpc) is 2.93. The number of hydrogen-bond donors (Lipinski definition) is 1. The fraction of sp³-hybridized carbons (Fsp3) is 0.429. The second kappa shape index (κ2) is 5.89. The SMILES string of the molecule is Cc1nc(CN2CCN(c3ccc(C#N)cn3)CC2)n[nH]1. The summed E-state index contributed by atoms with van der Waals surface area (Å²) in [5.41, 5.74) is 0.595. The molecule has 3 rings (SSSR count). The number of aromatic amines is 1. The fourth-order valence-corrected chi connectivity index (χ4v) is 2.43. The van der Waals surface area contributed by atoms with Gasteiger partial charge in [0, 0.05) is 32.4 Å². The molecule has 0 radical (unpaired) electrons. The molecule has 0 amide bonds. The molecule has 0 aromatic carbocycles. The molecule has 0 saturated carbocycles. The molecular weight excluding hydrogens is 266 g/mol. The number of nitrogens with zero attached hydrogens (tertiary/aromatic N) is 6. The van der Waals surface area contributed by atoms with Gasteiger partial charge in [-0.05, 0) is 19.1 Å². The van der Waals surface area contributed by atoms with Crippen molar-refractivity contribution in [2.75, 3.05) is 31.1 Å². The highest BCUT2D eigenvalue weighted by molar-refractivity contribution is 5.42. The van der Waals surface area contributed by atoms with E-state index in [4.69, 9.17) is 5.26 Å². The molecule has 3 heterocycles. The zero-order valence-electron chi connectivity index (χ0n) is 12.0. The Balaban J connectivity index is 1.56. The summed E-state index contributed by atoms with van der Waals surface area (Å²) in [5, 5.41) is 15.8. The van der Waals surface area contributed by atoms with Crippen molar-refractivity contribution in [2.24, 2.45) is 0 Å². The van der Waals surface area contributed by atoms with Gasteiger partial charge in [-0.3, -0.25) is 10.00 Å². The van der Waals surface area contributed by atoms with Crippen LogP contribution < -0.4 is 4.90 Å². The zero-order chi connectivity index (χ0) is 14.7. The van der Waals surface area contributed by atoms with Crippen molar-refractivity contribution in [2.45, 2.75) is 13.5 Å². The number of nitriles is 1. The first-order chi connectivity index (χ1) is 10.2. The van der Waals surface area contributed by atoms with Gasteiger partial charge in [-0.15, -0.1) is 0 Å². The van der Waals surface area contributed by atoms with Crippen molar-refractivity contribution in [1.29, 1.82) is 5.26 Å². The molecular formula is C14H17N7. The fourth-order valence-electron chi connectivity index (χ4n) is 2.43. The molecule has 21 heavy (non-hydrogen) atoms. The summed E-state index contributed by atoms with van der Waals surface area (Å²) in [6.45, 7) is 6.43. The quantitative estimate of drug-likeness (QED) is 0.892. The minimum absolute atomic E-state index is 0.595. The Kier molecular flexibility index (Phi) is 3.79. The number of anilines is 1. The number of aromatic nitrogens is 4. The molecule has 1 aliphatic heterocycles. The van der Waals surface area contributed by atoms with E-state index in [1.807, 2.05) is 19.1 Å². The Morgan fingerprint density at radius 2 is 2.10 bits per heavy atom. The third-order valence-corrected chi connectivity index (χ3v) is 3.58. The zero-order valence-corrected chi connectivity index (χ0v) is 12.0. The van der Waals surface area contributed by atoms with E-state index < -0.39 is 0 Å². The summed E-state index contributed by atoms with van der Waals surface area (Å²) in [4.78, 5) is 13.2. The summed E-state index contributed by atoms with van der Waals surface area (Å²) in [5.74, 6) is 2.63. The number of piperazine rings is 1. The Hall–Kier alpha value is -2.46. The second-order valence-corrected chi connectivity index (χ2v) is 5.12. The largest absolute Gasteiger partial charge is 0.354 e. The maximum absolute atomic E-state index is 8.79. The van der Waals surface area contributed by atoms with Gasteiger partial charge in [-0.25, -0.2) is 9.97 Å². The summed E-state index contributed by atoms with van der Waals surface area (Å²) in [7, 11) is 0. The summed E-state index contributed by atoms with van der Waals surface area (Å²) in [6, 6.07) is 5.81. The van der Waals surface area contributed by atoms with Gasteiger partial charge in [0.1, 0.15) is 17.7 Å². The first kappa shape index (κ1) is 13.5. The van der Waals surface area contributed by atoms with Crippen LogP contribution in [0.4, 0.5) is 5.82 Å². The normalized spacial score (nSPS) is 15.9. The van der Waals surface area contributed by atoms with Crippen LogP contribution in [-0.2, 0) is 6.54 Å². The minimum atomic E-state index is 0.595. The predicted octanol–water partition coefficient (Wildman–Crippen LogP) is 0.702. The number of hydrogen-bond acceptors (Lipinski definition) is 6. The lowest BCUT2D eigenvalue weighted by Crippen LogP contribution is -2.46. The van der Waals surface area contributed by atoms with Crippen LogP contribution in [-0.4, -0.2) is 51.2 Å². The standard InChI is InChI=1S/C14H17N7/c1-11-17-13(19-18-11)10-20-4-6-21(7-5-20)14-3-2-12(8-15)9-16-14/h2-3,9H,4-7,10H2,1H3,(H,17,18,19). The van der Waals surface area contributed by atoms with Crippen molar-refractivity contribution in [3.63, 3.8) is 0 Å². The van der Waals surface area contributed by atoms with E-state index in [2.05, 4.69) is 36.0 Å². The molecule has 1 fully saturated rings. The highest BCUT2D eigenvalue weighted by Gasteiger charge is 2.19. The van der Waals surface area contributed by atoms with Crippen molar-refractivity contribution < 1.29 is 0 Å². The number of pyridine rings is 1. The number of aryl methyl sites for hydroxylation is 1. The first-order valence-corrected chi connectivity index (χ1v) is 6.96. The predicted molar refractivity (Wildman–Crippen MR) is 77.6 cm³/mol. The van der Waals surface area contributed by atoms with Gasteiger partial charge >= 0.3 is 0 Å². The van der Waals surface area contributed by atoms with E-state index in [1.54, 1.807) is 6.20 Å². The third-order valence-electron chi connectivity index (χ3n) is 3.58. The lowest BCUT2D eigenvalue weighted by molar-refractivity contribution is 0.244. The van der Waals surface area contributed by atoms with Crippen LogP contribution in [0.3, 0.4) is 0 Å². The number of H-pyrrole nitrogens is 1. The van der Waals surface area contributed by atoms with Gasteiger partial charge in [-0.2, -0.15) is 10.4 Å². The Morgan fingerprint density at radius 3 is 2.67 bits per heavy atom. The lowest BCUT2D eigenvalue weighted by Gasteiger charge is -2.34. The van der Waals surface area contributed by atoms with E-state index in [0.29, 0.717) is 5.56 Å². The van der Waals surface area contributed by atoms with Crippen LogP contribution >= 0.6 is 0 Å². The van der Waals surface area contributed by atoms with Gasteiger partial charge < -0.3 is 4.90 Å². The third kappa shape index (κ3) is 3.17. The molecule has 0 unspecified atom stereocenters. The number of nitrogens with one attached hydrogen (secondary N) is 1. The molecule has 0 atom stereocenters.